The molecule has 1 heterocycles. The predicted molar refractivity (Wildman–Crippen MR) is 62.6 cm³/mol. The molecule has 0 saturated carbocycles. The van der Waals surface area contributed by atoms with Crippen LogP contribution in [0.5, 0.6) is 0 Å². The standard InChI is InChI=1S/C11H22N4/c1-4-11-10(8-14(3)13-11)9-15(5-2)7-6-12/h8H,4-7,9,12H2,1-3H3. The normalized spacial score (nSPS) is 11.3. The van der Waals surface area contributed by atoms with Gasteiger partial charge >= 0.3 is 0 Å². The van der Waals surface area contributed by atoms with Crippen LogP contribution < -0.4 is 5.73 Å². The van der Waals surface area contributed by atoms with Crippen LogP contribution in [0.15, 0.2) is 6.20 Å². The second-order valence-corrected chi connectivity index (χ2v) is 3.79. The maximum Gasteiger partial charge on any atom is 0.0666 e. The summed E-state index contributed by atoms with van der Waals surface area (Å²) in [5, 5.41) is 4.44. The SMILES string of the molecule is CCc1nn(C)cc1CN(CC)CCN. The van der Waals surface area contributed by atoms with E-state index < -0.39 is 0 Å². The molecule has 86 valence electrons. The zero-order chi connectivity index (χ0) is 11.3. The van der Waals surface area contributed by atoms with Gasteiger partial charge in [0.25, 0.3) is 0 Å². The maximum atomic E-state index is 5.57. The number of hydrogen-bond donors (Lipinski definition) is 1. The fraction of sp³-hybridized carbons (Fsp3) is 0.727. The molecule has 0 bridgehead atoms. The lowest BCUT2D eigenvalue weighted by Crippen LogP contribution is -2.29. The molecule has 4 nitrogen and oxygen atoms in total. The van der Waals surface area contributed by atoms with E-state index in [1.54, 1.807) is 0 Å². The highest BCUT2D eigenvalue weighted by molar-refractivity contribution is 5.16. The van der Waals surface area contributed by atoms with E-state index in [2.05, 4.69) is 30.0 Å². The smallest absolute Gasteiger partial charge is 0.0666 e. The van der Waals surface area contributed by atoms with Crippen LogP contribution in [0.3, 0.4) is 0 Å². The Labute approximate surface area is 92.1 Å². The number of rotatable bonds is 6. The molecule has 15 heavy (non-hydrogen) atoms. The summed E-state index contributed by atoms with van der Waals surface area (Å²) in [5.41, 5.74) is 8.10. The average Bonchev–Trinajstić information content (AvgIpc) is 2.58. The Balaban J connectivity index is 2.68. The van der Waals surface area contributed by atoms with Crippen molar-refractivity contribution in [1.82, 2.24) is 14.7 Å². The van der Waals surface area contributed by atoms with Crippen molar-refractivity contribution in [3.8, 4) is 0 Å². The molecule has 0 aliphatic rings. The van der Waals surface area contributed by atoms with Crippen LogP contribution in [-0.4, -0.2) is 34.3 Å². The van der Waals surface area contributed by atoms with Crippen LogP contribution in [0, 0.1) is 0 Å². The minimum absolute atomic E-state index is 0.718. The molecular weight excluding hydrogens is 188 g/mol. The molecule has 1 rings (SSSR count). The largest absolute Gasteiger partial charge is 0.329 e. The Bertz CT molecular complexity index is 293. The van der Waals surface area contributed by atoms with Gasteiger partial charge in [-0.05, 0) is 13.0 Å². The van der Waals surface area contributed by atoms with Crippen LogP contribution in [0.1, 0.15) is 25.1 Å². The van der Waals surface area contributed by atoms with Gasteiger partial charge in [-0.15, -0.1) is 0 Å². The number of aromatic nitrogens is 2. The predicted octanol–water partition coefficient (Wildman–Crippen LogP) is 0.763. The van der Waals surface area contributed by atoms with Gasteiger partial charge in [-0.25, -0.2) is 0 Å². The molecule has 0 radical (unpaired) electrons. The number of likely N-dealkylation sites (N-methyl/N-ethyl adjacent to an activating group) is 1. The highest BCUT2D eigenvalue weighted by Crippen LogP contribution is 2.10. The van der Waals surface area contributed by atoms with E-state index in [0.29, 0.717) is 0 Å². The summed E-state index contributed by atoms with van der Waals surface area (Å²) in [6, 6.07) is 0. The molecule has 0 fully saturated rings. The Kier molecular flexibility index (Phi) is 4.78. The topological polar surface area (TPSA) is 47.1 Å². The summed E-state index contributed by atoms with van der Waals surface area (Å²) in [5.74, 6) is 0. The van der Waals surface area contributed by atoms with Gasteiger partial charge < -0.3 is 5.73 Å². The summed E-state index contributed by atoms with van der Waals surface area (Å²) in [6.45, 7) is 7.98. The number of hydrogen-bond acceptors (Lipinski definition) is 3. The molecule has 0 atom stereocenters. The third-order valence-corrected chi connectivity index (χ3v) is 2.61. The van der Waals surface area contributed by atoms with Crippen LogP contribution >= 0.6 is 0 Å². The van der Waals surface area contributed by atoms with Gasteiger partial charge in [0.15, 0.2) is 0 Å². The lowest BCUT2D eigenvalue weighted by atomic mass is 10.2. The lowest BCUT2D eigenvalue weighted by molar-refractivity contribution is 0.287. The molecule has 0 spiro atoms. The molecule has 0 unspecified atom stereocenters. The molecule has 1 aromatic rings. The van der Waals surface area contributed by atoms with Crippen molar-refractivity contribution >= 4 is 0 Å². The maximum absolute atomic E-state index is 5.57. The van der Waals surface area contributed by atoms with E-state index >= 15 is 0 Å². The van der Waals surface area contributed by atoms with Crippen molar-refractivity contribution < 1.29 is 0 Å². The monoisotopic (exact) mass is 210 g/mol. The first kappa shape index (κ1) is 12.2. The lowest BCUT2D eigenvalue weighted by Gasteiger charge is -2.18. The van der Waals surface area contributed by atoms with Crippen molar-refractivity contribution in [3.63, 3.8) is 0 Å². The van der Waals surface area contributed by atoms with Crippen LogP contribution in [0.2, 0.25) is 0 Å². The zero-order valence-corrected chi connectivity index (χ0v) is 10.0. The minimum Gasteiger partial charge on any atom is -0.329 e. The van der Waals surface area contributed by atoms with Crippen molar-refractivity contribution in [2.45, 2.75) is 26.8 Å². The third kappa shape index (κ3) is 3.32. The summed E-state index contributed by atoms with van der Waals surface area (Å²) in [7, 11) is 1.97. The van der Waals surface area contributed by atoms with Crippen molar-refractivity contribution in [2.24, 2.45) is 12.8 Å². The summed E-state index contributed by atoms with van der Waals surface area (Å²) >= 11 is 0. The van der Waals surface area contributed by atoms with Gasteiger partial charge in [-0.3, -0.25) is 9.58 Å². The van der Waals surface area contributed by atoms with Crippen molar-refractivity contribution in [1.29, 1.82) is 0 Å². The van der Waals surface area contributed by atoms with Crippen LogP contribution in [-0.2, 0) is 20.0 Å². The first-order chi connectivity index (χ1) is 7.21. The van der Waals surface area contributed by atoms with Gasteiger partial charge in [-0.2, -0.15) is 5.10 Å². The van der Waals surface area contributed by atoms with Crippen molar-refractivity contribution in [2.75, 3.05) is 19.6 Å². The molecule has 0 aliphatic heterocycles. The highest BCUT2D eigenvalue weighted by Gasteiger charge is 2.09. The van der Waals surface area contributed by atoms with Gasteiger partial charge in [0.2, 0.25) is 0 Å². The van der Waals surface area contributed by atoms with E-state index in [-0.39, 0.29) is 0 Å². The van der Waals surface area contributed by atoms with E-state index in [1.165, 1.54) is 11.3 Å². The van der Waals surface area contributed by atoms with E-state index in [4.69, 9.17) is 5.73 Å². The Morgan fingerprint density at radius 1 is 1.47 bits per heavy atom. The van der Waals surface area contributed by atoms with Crippen LogP contribution in [0.4, 0.5) is 0 Å². The van der Waals surface area contributed by atoms with Gasteiger partial charge in [0.1, 0.15) is 0 Å². The van der Waals surface area contributed by atoms with Gasteiger partial charge in [0.05, 0.1) is 5.69 Å². The van der Waals surface area contributed by atoms with E-state index in [1.807, 2.05) is 11.7 Å². The fourth-order valence-electron chi connectivity index (χ4n) is 1.79. The third-order valence-electron chi connectivity index (χ3n) is 2.61. The number of nitrogens with zero attached hydrogens (tertiary/aromatic N) is 3. The van der Waals surface area contributed by atoms with E-state index in [9.17, 15) is 0 Å². The summed E-state index contributed by atoms with van der Waals surface area (Å²) < 4.78 is 1.89. The molecular formula is C11H22N4. The molecule has 2 N–H and O–H groups in total. The Hall–Kier alpha value is -0.870. The Morgan fingerprint density at radius 3 is 2.73 bits per heavy atom. The van der Waals surface area contributed by atoms with Crippen molar-refractivity contribution in [3.05, 3.63) is 17.5 Å². The van der Waals surface area contributed by atoms with Gasteiger partial charge in [-0.1, -0.05) is 13.8 Å². The number of aryl methyl sites for hydroxylation is 2. The highest BCUT2D eigenvalue weighted by atomic mass is 15.3. The molecule has 0 aliphatic carbocycles. The summed E-state index contributed by atoms with van der Waals surface area (Å²) in [4.78, 5) is 2.34. The summed E-state index contributed by atoms with van der Waals surface area (Å²) in [6.07, 6.45) is 3.11. The minimum atomic E-state index is 0.718. The zero-order valence-electron chi connectivity index (χ0n) is 10.0. The van der Waals surface area contributed by atoms with Crippen LogP contribution in [0.25, 0.3) is 0 Å². The fourth-order valence-corrected chi connectivity index (χ4v) is 1.79. The quantitative estimate of drug-likeness (QED) is 0.754. The molecule has 0 saturated heterocycles. The molecule has 0 amide bonds. The van der Waals surface area contributed by atoms with E-state index in [0.717, 1.165) is 32.6 Å². The first-order valence-corrected chi connectivity index (χ1v) is 5.65. The molecule has 4 heteroatoms. The molecule has 1 aromatic heterocycles. The number of nitrogens with two attached hydrogens (primary N) is 1. The average molecular weight is 210 g/mol. The second-order valence-electron chi connectivity index (χ2n) is 3.79. The second kappa shape index (κ2) is 5.88. The van der Waals surface area contributed by atoms with Gasteiger partial charge in [0, 0.05) is 38.4 Å². The molecule has 0 aromatic carbocycles. The Morgan fingerprint density at radius 2 is 2.20 bits per heavy atom. The first-order valence-electron chi connectivity index (χ1n) is 5.65.